The van der Waals surface area contributed by atoms with Crippen molar-refractivity contribution in [3.63, 3.8) is 0 Å². The van der Waals surface area contributed by atoms with Crippen LogP contribution in [0.2, 0.25) is 0 Å². The highest BCUT2D eigenvalue weighted by Gasteiger charge is 2.43. The van der Waals surface area contributed by atoms with Gasteiger partial charge >= 0.3 is 0 Å². The molecule has 18 heavy (non-hydrogen) atoms. The molecule has 1 N–H and O–H groups in total. The fourth-order valence-electron chi connectivity index (χ4n) is 2.78. The van der Waals surface area contributed by atoms with Crippen LogP contribution >= 0.6 is 0 Å². The summed E-state index contributed by atoms with van der Waals surface area (Å²) in [7, 11) is 0. The van der Waals surface area contributed by atoms with E-state index in [1.165, 1.54) is 12.1 Å². The summed E-state index contributed by atoms with van der Waals surface area (Å²) in [6, 6.07) is 6.45. The second-order valence-corrected chi connectivity index (χ2v) is 5.27. The van der Waals surface area contributed by atoms with Gasteiger partial charge in [0, 0.05) is 11.7 Å². The van der Waals surface area contributed by atoms with E-state index >= 15 is 0 Å². The average Bonchev–Trinajstić information content (AvgIpc) is 2.48. The average molecular weight is 248 g/mol. The van der Waals surface area contributed by atoms with E-state index < -0.39 is 11.4 Å². The first-order valence-electron chi connectivity index (χ1n) is 6.07. The first-order valence-corrected chi connectivity index (χ1v) is 6.07. The Hall–Kier alpha value is -1.60. The third kappa shape index (κ3) is 1.95. The topological polar surface area (TPSA) is 47.3 Å². The standard InChI is InChI=1S/C14H17FN2O/c1-9-7-14(3,18)10(2)17(9)12-5-4-11(8-16)13(15)6-12/h4-6,9-10,18H,7H2,1-3H3/t9-,10+,14+/m1/s1. The second-order valence-electron chi connectivity index (χ2n) is 5.27. The molecule has 0 spiro atoms. The van der Waals surface area contributed by atoms with Gasteiger partial charge in [-0.3, -0.25) is 0 Å². The Kier molecular flexibility index (Phi) is 3.04. The lowest BCUT2D eigenvalue weighted by Gasteiger charge is -2.31. The highest BCUT2D eigenvalue weighted by molar-refractivity contribution is 5.53. The molecule has 96 valence electrons. The Morgan fingerprint density at radius 1 is 1.50 bits per heavy atom. The zero-order chi connectivity index (χ0) is 13.5. The molecule has 0 amide bonds. The van der Waals surface area contributed by atoms with Gasteiger partial charge in [0.15, 0.2) is 0 Å². The number of nitrogens with zero attached hydrogens (tertiary/aromatic N) is 2. The smallest absolute Gasteiger partial charge is 0.143 e. The first-order chi connectivity index (χ1) is 8.36. The van der Waals surface area contributed by atoms with Crippen molar-refractivity contribution >= 4 is 5.69 Å². The minimum atomic E-state index is -0.774. The lowest BCUT2D eigenvalue weighted by molar-refractivity contribution is 0.0547. The lowest BCUT2D eigenvalue weighted by atomic mass is 9.97. The maximum atomic E-state index is 13.6. The van der Waals surface area contributed by atoms with Crippen LogP contribution in [0.1, 0.15) is 32.8 Å². The first kappa shape index (κ1) is 12.8. The molecule has 0 radical (unpaired) electrons. The van der Waals surface area contributed by atoms with Crippen LogP contribution in [-0.4, -0.2) is 22.8 Å². The molecule has 1 aliphatic rings. The van der Waals surface area contributed by atoms with Gasteiger partial charge in [0.1, 0.15) is 11.9 Å². The largest absolute Gasteiger partial charge is 0.388 e. The van der Waals surface area contributed by atoms with Crippen molar-refractivity contribution in [2.75, 3.05) is 4.90 Å². The van der Waals surface area contributed by atoms with E-state index in [0.29, 0.717) is 12.1 Å². The van der Waals surface area contributed by atoms with Gasteiger partial charge in [-0.05, 0) is 45.4 Å². The van der Waals surface area contributed by atoms with Gasteiger partial charge in [-0.2, -0.15) is 5.26 Å². The third-order valence-corrected chi connectivity index (χ3v) is 3.87. The molecule has 1 fully saturated rings. The van der Waals surface area contributed by atoms with Gasteiger partial charge in [-0.25, -0.2) is 4.39 Å². The highest BCUT2D eigenvalue weighted by Crippen LogP contribution is 2.37. The number of hydrogen-bond acceptors (Lipinski definition) is 3. The van der Waals surface area contributed by atoms with Crippen LogP contribution in [0.3, 0.4) is 0 Å². The van der Waals surface area contributed by atoms with E-state index in [4.69, 9.17) is 5.26 Å². The van der Waals surface area contributed by atoms with Crippen molar-refractivity contribution in [1.82, 2.24) is 0 Å². The van der Waals surface area contributed by atoms with Crippen molar-refractivity contribution in [2.45, 2.75) is 44.9 Å². The molecule has 1 heterocycles. The Morgan fingerprint density at radius 3 is 2.61 bits per heavy atom. The molecular formula is C14H17FN2O. The number of halogens is 1. The zero-order valence-corrected chi connectivity index (χ0v) is 10.8. The van der Waals surface area contributed by atoms with E-state index in [-0.39, 0.29) is 17.6 Å². The Bertz CT molecular complexity index is 507. The van der Waals surface area contributed by atoms with Crippen LogP contribution < -0.4 is 4.90 Å². The van der Waals surface area contributed by atoms with E-state index in [1.807, 2.05) is 24.8 Å². The van der Waals surface area contributed by atoms with Gasteiger partial charge in [0.05, 0.1) is 17.2 Å². The van der Waals surface area contributed by atoms with E-state index in [2.05, 4.69) is 0 Å². The number of hydrogen-bond donors (Lipinski definition) is 1. The minimum Gasteiger partial charge on any atom is -0.388 e. The molecule has 0 bridgehead atoms. The molecule has 1 aromatic carbocycles. The molecule has 0 unspecified atom stereocenters. The summed E-state index contributed by atoms with van der Waals surface area (Å²) in [6.07, 6.45) is 0.649. The van der Waals surface area contributed by atoms with Crippen LogP contribution in [0.25, 0.3) is 0 Å². The Morgan fingerprint density at radius 2 is 2.17 bits per heavy atom. The Balaban J connectivity index is 2.38. The van der Waals surface area contributed by atoms with Gasteiger partial charge in [0.25, 0.3) is 0 Å². The van der Waals surface area contributed by atoms with E-state index in [0.717, 1.165) is 0 Å². The molecule has 0 saturated carbocycles. The van der Waals surface area contributed by atoms with Gasteiger partial charge in [-0.15, -0.1) is 0 Å². The molecule has 2 rings (SSSR count). The summed E-state index contributed by atoms with van der Waals surface area (Å²) in [6.45, 7) is 5.74. The van der Waals surface area contributed by atoms with Crippen LogP contribution in [0.4, 0.5) is 10.1 Å². The molecule has 0 aliphatic carbocycles. The third-order valence-electron chi connectivity index (χ3n) is 3.87. The van der Waals surface area contributed by atoms with Crippen molar-refractivity contribution in [2.24, 2.45) is 0 Å². The molecule has 3 nitrogen and oxygen atoms in total. The molecule has 3 atom stereocenters. The van der Waals surface area contributed by atoms with Crippen LogP contribution in [-0.2, 0) is 0 Å². The van der Waals surface area contributed by atoms with Crippen molar-refractivity contribution in [1.29, 1.82) is 5.26 Å². The SMILES string of the molecule is C[C@@H]1C[C@](C)(O)[C@H](C)N1c1ccc(C#N)c(F)c1. The van der Waals surface area contributed by atoms with Crippen molar-refractivity contribution < 1.29 is 9.50 Å². The lowest BCUT2D eigenvalue weighted by Crippen LogP contribution is -2.41. The predicted octanol–water partition coefficient (Wildman–Crippen LogP) is 2.44. The number of aliphatic hydroxyl groups is 1. The molecular weight excluding hydrogens is 231 g/mol. The van der Waals surface area contributed by atoms with E-state index in [9.17, 15) is 9.50 Å². The molecule has 1 saturated heterocycles. The molecule has 1 aromatic rings. The quantitative estimate of drug-likeness (QED) is 0.830. The summed E-state index contributed by atoms with van der Waals surface area (Å²) >= 11 is 0. The normalized spacial score (nSPS) is 31.4. The highest BCUT2D eigenvalue weighted by atomic mass is 19.1. The predicted molar refractivity (Wildman–Crippen MR) is 67.8 cm³/mol. The summed E-state index contributed by atoms with van der Waals surface area (Å²) in [5.74, 6) is -0.513. The van der Waals surface area contributed by atoms with Crippen molar-refractivity contribution in [3.05, 3.63) is 29.6 Å². The monoisotopic (exact) mass is 248 g/mol. The van der Waals surface area contributed by atoms with Crippen LogP contribution in [0, 0.1) is 17.1 Å². The fraction of sp³-hybridized carbons (Fsp3) is 0.500. The molecule has 4 heteroatoms. The van der Waals surface area contributed by atoms with Gasteiger partial charge in [-0.1, -0.05) is 0 Å². The summed E-state index contributed by atoms with van der Waals surface area (Å²) in [4.78, 5) is 2.00. The number of anilines is 1. The maximum Gasteiger partial charge on any atom is 0.143 e. The number of rotatable bonds is 1. The Labute approximate surface area is 106 Å². The number of benzene rings is 1. The zero-order valence-electron chi connectivity index (χ0n) is 10.8. The summed E-state index contributed by atoms with van der Waals surface area (Å²) in [5.41, 5.74) is -0.0154. The van der Waals surface area contributed by atoms with Crippen molar-refractivity contribution in [3.8, 4) is 6.07 Å². The van der Waals surface area contributed by atoms with Gasteiger partial charge < -0.3 is 10.0 Å². The van der Waals surface area contributed by atoms with E-state index in [1.54, 1.807) is 13.0 Å². The van der Waals surface area contributed by atoms with Crippen LogP contribution in [0.5, 0.6) is 0 Å². The summed E-state index contributed by atoms with van der Waals surface area (Å²) in [5, 5.41) is 19.0. The molecule has 0 aromatic heterocycles. The van der Waals surface area contributed by atoms with Crippen LogP contribution in [0.15, 0.2) is 18.2 Å². The van der Waals surface area contributed by atoms with Gasteiger partial charge in [0.2, 0.25) is 0 Å². The summed E-state index contributed by atoms with van der Waals surface area (Å²) < 4.78 is 13.6. The minimum absolute atomic E-state index is 0.0463. The second kappa shape index (κ2) is 4.25. The fourth-order valence-corrected chi connectivity index (χ4v) is 2.78. The molecule has 1 aliphatic heterocycles. The maximum absolute atomic E-state index is 13.6. The number of nitriles is 1.